The van der Waals surface area contributed by atoms with Gasteiger partial charge in [0.15, 0.2) is 0 Å². The summed E-state index contributed by atoms with van der Waals surface area (Å²) >= 11 is 0. The molecule has 3 atom stereocenters. The summed E-state index contributed by atoms with van der Waals surface area (Å²) in [7, 11) is 0. The molecule has 2 aliphatic rings. The number of urea groups is 1. The Hall–Kier alpha value is -2.57. The van der Waals surface area contributed by atoms with E-state index in [-0.39, 0.29) is 18.5 Å². The molecule has 1 aromatic rings. The van der Waals surface area contributed by atoms with Gasteiger partial charge in [-0.05, 0) is 45.2 Å². The monoisotopic (exact) mass is 359 g/mol. The predicted molar refractivity (Wildman–Crippen MR) is 97.0 cm³/mol. The lowest BCUT2D eigenvalue weighted by Gasteiger charge is -2.28. The number of hydrogen-bond donors (Lipinski definition) is 2. The molecule has 3 rings (SSSR count). The van der Waals surface area contributed by atoms with Crippen LogP contribution in [0.25, 0.3) is 0 Å². The van der Waals surface area contributed by atoms with Gasteiger partial charge in [0.05, 0.1) is 5.41 Å². The number of amides is 3. The number of aliphatic carboxylic acids is 1. The Morgan fingerprint density at radius 3 is 2.65 bits per heavy atom. The van der Waals surface area contributed by atoms with Gasteiger partial charge >= 0.3 is 12.0 Å². The molecular weight excluding hydrogens is 334 g/mol. The summed E-state index contributed by atoms with van der Waals surface area (Å²) in [6.07, 6.45) is 1.21. The van der Waals surface area contributed by atoms with E-state index in [2.05, 4.69) is 5.32 Å². The van der Waals surface area contributed by atoms with E-state index in [0.717, 1.165) is 17.7 Å². The van der Waals surface area contributed by atoms with Crippen LogP contribution in [-0.2, 0) is 16.0 Å². The maximum absolute atomic E-state index is 12.9. The van der Waals surface area contributed by atoms with E-state index in [9.17, 15) is 19.5 Å². The van der Waals surface area contributed by atoms with Gasteiger partial charge in [-0.25, -0.2) is 4.79 Å². The normalized spacial score (nSPS) is 25.7. The summed E-state index contributed by atoms with van der Waals surface area (Å²) in [5.74, 6) is -1.06. The molecular formula is C19H25N3O4. The van der Waals surface area contributed by atoms with Gasteiger partial charge in [-0.15, -0.1) is 0 Å². The van der Waals surface area contributed by atoms with Crippen LogP contribution in [0.4, 0.5) is 10.5 Å². The van der Waals surface area contributed by atoms with Crippen LogP contribution in [0.3, 0.4) is 0 Å². The van der Waals surface area contributed by atoms with Crippen molar-refractivity contribution in [3.05, 3.63) is 29.8 Å². The zero-order valence-corrected chi connectivity index (χ0v) is 15.4. The van der Waals surface area contributed by atoms with E-state index in [1.807, 2.05) is 31.2 Å². The summed E-state index contributed by atoms with van der Waals surface area (Å²) in [5, 5.41) is 12.0. The van der Waals surface area contributed by atoms with E-state index in [1.165, 1.54) is 4.90 Å². The highest BCUT2D eigenvalue weighted by molar-refractivity contribution is 6.01. The van der Waals surface area contributed by atoms with Crippen molar-refractivity contribution in [2.45, 2.75) is 45.7 Å². The van der Waals surface area contributed by atoms with Crippen LogP contribution in [0, 0.1) is 5.41 Å². The minimum atomic E-state index is -0.924. The Balaban J connectivity index is 1.65. The quantitative estimate of drug-likeness (QED) is 0.862. The molecule has 0 radical (unpaired) electrons. The Bertz CT molecular complexity index is 750. The Kier molecular flexibility index (Phi) is 4.64. The first-order chi connectivity index (χ1) is 12.2. The third-order valence-electron chi connectivity index (χ3n) is 5.43. The number of benzene rings is 1. The van der Waals surface area contributed by atoms with Crippen LogP contribution in [0.2, 0.25) is 0 Å². The number of rotatable bonds is 3. The van der Waals surface area contributed by atoms with Crippen LogP contribution in [0.5, 0.6) is 0 Å². The zero-order valence-electron chi connectivity index (χ0n) is 15.4. The third kappa shape index (κ3) is 3.13. The number of anilines is 1. The minimum absolute atomic E-state index is 0.0429. The van der Waals surface area contributed by atoms with E-state index >= 15 is 0 Å². The van der Waals surface area contributed by atoms with E-state index in [0.29, 0.717) is 13.0 Å². The molecule has 7 nitrogen and oxygen atoms in total. The number of fused-ring (bicyclic) bond motifs is 1. The summed E-state index contributed by atoms with van der Waals surface area (Å²) in [6.45, 7) is 5.82. The van der Waals surface area contributed by atoms with Crippen LogP contribution in [0.15, 0.2) is 24.3 Å². The molecule has 3 amide bonds. The largest absolute Gasteiger partial charge is 0.481 e. The molecule has 0 saturated carbocycles. The summed E-state index contributed by atoms with van der Waals surface area (Å²) in [6, 6.07) is 6.75. The second kappa shape index (κ2) is 6.63. The van der Waals surface area contributed by atoms with Gasteiger partial charge in [0.25, 0.3) is 0 Å². The Labute approximate surface area is 153 Å². The average Bonchev–Trinajstić information content (AvgIpc) is 3.15. The van der Waals surface area contributed by atoms with E-state index < -0.39 is 23.5 Å². The first kappa shape index (κ1) is 18.2. The van der Waals surface area contributed by atoms with Crippen molar-refractivity contribution in [2.24, 2.45) is 5.41 Å². The SMILES string of the molecule is CC(NC(=O)N1CCC(C)(C(=O)O)C1)C(=O)N1c2ccccc2CC1C. The number of carboxylic acid groups (broad SMARTS) is 1. The van der Waals surface area contributed by atoms with Gasteiger partial charge in [0.1, 0.15) is 6.04 Å². The van der Waals surface area contributed by atoms with Crippen molar-refractivity contribution in [1.29, 1.82) is 0 Å². The number of carbonyl (C=O) groups excluding carboxylic acids is 2. The fourth-order valence-corrected chi connectivity index (χ4v) is 3.76. The lowest BCUT2D eigenvalue weighted by atomic mass is 9.90. The van der Waals surface area contributed by atoms with Crippen molar-refractivity contribution in [3.8, 4) is 0 Å². The number of hydrogen-bond acceptors (Lipinski definition) is 3. The molecule has 0 spiro atoms. The van der Waals surface area contributed by atoms with Crippen molar-refractivity contribution in [2.75, 3.05) is 18.0 Å². The maximum Gasteiger partial charge on any atom is 0.318 e. The summed E-state index contributed by atoms with van der Waals surface area (Å²) < 4.78 is 0. The number of nitrogens with zero attached hydrogens (tertiary/aromatic N) is 2. The molecule has 1 saturated heterocycles. The molecule has 1 aromatic carbocycles. The summed E-state index contributed by atoms with van der Waals surface area (Å²) in [5.41, 5.74) is 1.10. The molecule has 1 fully saturated rings. The van der Waals surface area contributed by atoms with E-state index in [1.54, 1.807) is 18.7 Å². The number of nitrogens with one attached hydrogen (secondary N) is 1. The predicted octanol–water partition coefficient (Wildman–Crippen LogP) is 1.86. The Morgan fingerprint density at radius 2 is 2.00 bits per heavy atom. The maximum atomic E-state index is 12.9. The van der Waals surface area contributed by atoms with Gasteiger partial charge in [0, 0.05) is 24.8 Å². The highest BCUT2D eigenvalue weighted by atomic mass is 16.4. The van der Waals surface area contributed by atoms with Gasteiger partial charge in [0.2, 0.25) is 5.91 Å². The second-order valence-electron chi connectivity index (χ2n) is 7.60. The zero-order chi connectivity index (χ0) is 19.1. The molecule has 7 heteroatoms. The first-order valence-corrected chi connectivity index (χ1v) is 8.93. The van der Waals surface area contributed by atoms with Crippen molar-refractivity contribution >= 4 is 23.6 Å². The topological polar surface area (TPSA) is 90.0 Å². The fraction of sp³-hybridized carbons (Fsp3) is 0.526. The molecule has 2 aliphatic heterocycles. The van der Waals surface area contributed by atoms with Crippen molar-refractivity contribution in [1.82, 2.24) is 10.2 Å². The Morgan fingerprint density at radius 1 is 1.31 bits per heavy atom. The smallest absolute Gasteiger partial charge is 0.318 e. The highest BCUT2D eigenvalue weighted by Gasteiger charge is 2.43. The molecule has 2 heterocycles. The third-order valence-corrected chi connectivity index (χ3v) is 5.43. The van der Waals surface area contributed by atoms with Crippen LogP contribution < -0.4 is 10.2 Å². The molecule has 0 bridgehead atoms. The van der Waals surface area contributed by atoms with Crippen LogP contribution in [-0.4, -0.2) is 53.1 Å². The number of para-hydroxylation sites is 1. The highest BCUT2D eigenvalue weighted by Crippen LogP contribution is 2.32. The fourth-order valence-electron chi connectivity index (χ4n) is 3.76. The lowest BCUT2D eigenvalue weighted by molar-refractivity contribution is -0.147. The first-order valence-electron chi connectivity index (χ1n) is 8.93. The second-order valence-corrected chi connectivity index (χ2v) is 7.60. The molecule has 3 unspecified atom stereocenters. The standard InChI is InChI=1S/C19H25N3O4/c1-12-10-14-6-4-5-7-15(14)22(12)16(23)13(2)20-18(26)21-9-8-19(3,11-21)17(24)25/h4-7,12-13H,8-11H2,1-3H3,(H,20,26)(H,24,25). The van der Waals surface area contributed by atoms with Crippen molar-refractivity contribution < 1.29 is 19.5 Å². The number of carboxylic acids is 1. The molecule has 2 N–H and O–H groups in total. The molecule has 26 heavy (non-hydrogen) atoms. The van der Waals surface area contributed by atoms with Crippen molar-refractivity contribution in [3.63, 3.8) is 0 Å². The molecule has 140 valence electrons. The lowest BCUT2D eigenvalue weighted by Crippen LogP contribution is -2.52. The number of likely N-dealkylation sites (tertiary alicyclic amines) is 1. The molecule has 0 aliphatic carbocycles. The van der Waals surface area contributed by atoms with E-state index in [4.69, 9.17) is 0 Å². The minimum Gasteiger partial charge on any atom is -0.481 e. The van der Waals surface area contributed by atoms with Gasteiger partial charge in [-0.2, -0.15) is 0 Å². The average molecular weight is 359 g/mol. The van der Waals surface area contributed by atoms with Crippen LogP contribution in [0.1, 0.15) is 32.8 Å². The van der Waals surface area contributed by atoms with Gasteiger partial charge in [-0.3, -0.25) is 9.59 Å². The molecule has 0 aromatic heterocycles. The van der Waals surface area contributed by atoms with Gasteiger partial charge < -0.3 is 20.2 Å². The van der Waals surface area contributed by atoms with Crippen LogP contribution >= 0.6 is 0 Å². The number of carbonyl (C=O) groups is 3. The van der Waals surface area contributed by atoms with Gasteiger partial charge in [-0.1, -0.05) is 18.2 Å². The summed E-state index contributed by atoms with van der Waals surface area (Å²) in [4.78, 5) is 39.9.